The Bertz CT molecular complexity index is 570. The summed E-state index contributed by atoms with van der Waals surface area (Å²) in [5, 5.41) is 5.42. The van der Waals surface area contributed by atoms with Crippen LogP contribution in [0.4, 0.5) is 10.2 Å². The fourth-order valence-corrected chi connectivity index (χ4v) is 1.73. The van der Waals surface area contributed by atoms with Gasteiger partial charge in [0.2, 0.25) is 0 Å². The fourth-order valence-electron chi connectivity index (χ4n) is 1.73. The molecule has 0 fully saturated rings. The van der Waals surface area contributed by atoms with Crippen molar-refractivity contribution < 1.29 is 9.18 Å². The van der Waals surface area contributed by atoms with E-state index in [-0.39, 0.29) is 11.4 Å². The zero-order valence-corrected chi connectivity index (χ0v) is 11.1. The second-order valence-corrected chi connectivity index (χ2v) is 4.09. The number of carbonyl (C=O) groups is 1. The van der Waals surface area contributed by atoms with Crippen LogP contribution >= 0.6 is 0 Å². The van der Waals surface area contributed by atoms with Crippen molar-refractivity contribution in [2.75, 3.05) is 18.4 Å². The van der Waals surface area contributed by atoms with Crippen LogP contribution in [0, 0.1) is 5.82 Å². The van der Waals surface area contributed by atoms with Crippen LogP contribution in [0.2, 0.25) is 0 Å². The largest absolute Gasteiger partial charge is 0.368 e. The van der Waals surface area contributed by atoms with Crippen molar-refractivity contribution in [1.29, 1.82) is 0 Å². The molecule has 3 N–H and O–H groups in total. The lowest BCUT2D eigenvalue weighted by Crippen LogP contribution is -2.27. The van der Waals surface area contributed by atoms with E-state index in [0.717, 1.165) is 5.82 Å². The second kappa shape index (κ2) is 6.65. The first-order chi connectivity index (χ1) is 9.72. The molecule has 7 heteroatoms. The van der Waals surface area contributed by atoms with Gasteiger partial charge in [0.25, 0.3) is 5.91 Å². The van der Waals surface area contributed by atoms with Crippen molar-refractivity contribution in [3.63, 3.8) is 0 Å². The van der Waals surface area contributed by atoms with Crippen LogP contribution in [-0.4, -0.2) is 33.9 Å². The molecule has 0 bridgehead atoms. The van der Waals surface area contributed by atoms with Crippen molar-refractivity contribution in [1.82, 2.24) is 20.3 Å². The number of nitrogens with zero attached hydrogens (tertiary/aromatic N) is 2. The molecule has 0 saturated heterocycles. The number of nitrogens with one attached hydrogen (secondary N) is 3. The number of hydrogen-bond donors (Lipinski definition) is 3. The van der Waals surface area contributed by atoms with E-state index in [9.17, 15) is 9.18 Å². The summed E-state index contributed by atoms with van der Waals surface area (Å²) < 4.78 is 14.0. The van der Waals surface area contributed by atoms with Crippen LogP contribution in [0.3, 0.4) is 0 Å². The summed E-state index contributed by atoms with van der Waals surface area (Å²) >= 11 is 0. The summed E-state index contributed by atoms with van der Waals surface area (Å²) in [6, 6.07) is 1.36. The SMILES string of the molecule is CCNc1nccc(C(=O)NCCc2ncc[nH]2)c1F. The van der Waals surface area contributed by atoms with Gasteiger partial charge in [-0.3, -0.25) is 4.79 Å². The molecule has 2 rings (SSSR count). The molecule has 2 aromatic rings. The van der Waals surface area contributed by atoms with Gasteiger partial charge < -0.3 is 15.6 Å². The second-order valence-electron chi connectivity index (χ2n) is 4.09. The summed E-state index contributed by atoms with van der Waals surface area (Å²) in [4.78, 5) is 22.7. The van der Waals surface area contributed by atoms with Crippen LogP contribution in [0.5, 0.6) is 0 Å². The Kier molecular flexibility index (Phi) is 4.65. The first kappa shape index (κ1) is 14.0. The Hall–Kier alpha value is -2.44. The third-order valence-electron chi connectivity index (χ3n) is 2.68. The van der Waals surface area contributed by atoms with Gasteiger partial charge in [0, 0.05) is 38.1 Å². The van der Waals surface area contributed by atoms with Gasteiger partial charge in [0.05, 0.1) is 5.56 Å². The van der Waals surface area contributed by atoms with Crippen LogP contribution in [0.15, 0.2) is 24.7 Å². The number of pyridine rings is 1. The summed E-state index contributed by atoms with van der Waals surface area (Å²) in [5.74, 6) is -0.236. The van der Waals surface area contributed by atoms with Gasteiger partial charge in [-0.2, -0.15) is 0 Å². The summed E-state index contributed by atoms with van der Waals surface area (Å²) in [6.45, 7) is 2.75. The highest BCUT2D eigenvalue weighted by Crippen LogP contribution is 2.14. The van der Waals surface area contributed by atoms with E-state index in [1.54, 1.807) is 12.4 Å². The summed E-state index contributed by atoms with van der Waals surface area (Å²) in [6.07, 6.45) is 5.32. The molecule has 2 aromatic heterocycles. The zero-order chi connectivity index (χ0) is 14.4. The number of imidazole rings is 1. The molecular formula is C13H16FN5O. The normalized spacial score (nSPS) is 10.3. The number of rotatable bonds is 6. The smallest absolute Gasteiger partial charge is 0.254 e. The number of hydrogen-bond acceptors (Lipinski definition) is 4. The number of aromatic amines is 1. The predicted octanol–water partition coefficient (Wildman–Crippen LogP) is 1.35. The molecule has 0 aliphatic carbocycles. The highest BCUT2D eigenvalue weighted by molar-refractivity contribution is 5.95. The topological polar surface area (TPSA) is 82.7 Å². The van der Waals surface area contributed by atoms with Crippen molar-refractivity contribution in [3.8, 4) is 0 Å². The predicted molar refractivity (Wildman–Crippen MR) is 73.0 cm³/mol. The number of H-pyrrole nitrogens is 1. The van der Waals surface area contributed by atoms with Gasteiger partial charge in [-0.25, -0.2) is 14.4 Å². The third kappa shape index (κ3) is 3.31. The maximum atomic E-state index is 14.0. The molecule has 0 aliphatic heterocycles. The average molecular weight is 277 g/mol. The minimum Gasteiger partial charge on any atom is -0.368 e. The molecule has 0 atom stereocenters. The molecule has 0 radical (unpaired) electrons. The Morgan fingerprint density at radius 3 is 2.95 bits per heavy atom. The number of halogens is 1. The molecule has 0 aromatic carbocycles. The van der Waals surface area contributed by atoms with Crippen LogP contribution in [0.25, 0.3) is 0 Å². The van der Waals surface area contributed by atoms with E-state index >= 15 is 0 Å². The monoisotopic (exact) mass is 277 g/mol. The van der Waals surface area contributed by atoms with E-state index < -0.39 is 11.7 Å². The van der Waals surface area contributed by atoms with Crippen molar-refractivity contribution in [2.45, 2.75) is 13.3 Å². The molecule has 6 nitrogen and oxygen atoms in total. The number of aromatic nitrogens is 3. The van der Waals surface area contributed by atoms with Crippen LogP contribution in [0.1, 0.15) is 23.1 Å². The molecule has 0 saturated carbocycles. The van der Waals surface area contributed by atoms with Crippen molar-refractivity contribution in [3.05, 3.63) is 41.9 Å². The van der Waals surface area contributed by atoms with Gasteiger partial charge in [-0.1, -0.05) is 0 Å². The van der Waals surface area contributed by atoms with E-state index in [1.807, 2.05) is 6.92 Å². The standard InChI is InChI=1S/C13H16FN5O/c1-2-15-12-11(14)9(3-5-18-12)13(20)19-6-4-10-16-7-8-17-10/h3,5,7-8H,2,4,6H2,1H3,(H,15,18)(H,16,17)(H,19,20). The lowest BCUT2D eigenvalue weighted by atomic mass is 10.2. The Morgan fingerprint density at radius 1 is 1.40 bits per heavy atom. The van der Waals surface area contributed by atoms with Gasteiger partial charge in [-0.15, -0.1) is 0 Å². The maximum Gasteiger partial charge on any atom is 0.254 e. The van der Waals surface area contributed by atoms with E-state index in [1.165, 1.54) is 12.3 Å². The molecule has 2 heterocycles. The van der Waals surface area contributed by atoms with Gasteiger partial charge in [0.1, 0.15) is 5.82 Å². The Labute approximate surface area is 115 Å². The van der Waals surface area contributed by atoms with Crippen molar-refractivity contribution >= 4 is 11.7 Å². The number of anilines is 1. The van der Waals surface area contributed by atoms with E-state index in [4.69, 9.17) is 0 Å². The Morgan fingerprint density at radius 2 is 2.25 bits per heavy atom. The first-order valence-corrected chi connectivity index (χ1v) is 6.37. The van der Waals surface area contributed by atoms with Gasteiger partial charge in [0.15, 0.2) is 11.6 Å². The van der Waals surface area contributed by atoms with Crippen molar-refractivity contribution in [2.24, 2.45) is 0 Å². The zero-order valence-electron chi connectivity index (χ0n) is 11.1. The number of amides is 1. The van der Waals surface area contributed by atoms with Crippen LogP contribution < -0.4 is 10.6 Å². The highest BCUT2D eigenvalue weighted by atomic mass is 19.1. The molecule has 0 spiro atoms. The Balaban J connectivity index is 1.96. The molecule has 0 aliphatic rings. The average Bonchev–Trinajstić information content (AvgIpc) is 2.94. The van der Waals surface area contributed by atoms with E-state index in [0.29, 0.717) is 19.5 Å². The minimum absolute atomic E-state index is 0.0182. The molecule has 1 amide bonds. The maximum absolute atomic E-state index is 14.0. The van der Waals surface area contributed by atoms with Crippen LogP contribution in [-0.2, 0) is 6.42 Å². The van der Waals surface area contributed by atoms with Gasteiger partial charge in [-0.05, 0) is 13.0 Å². The fraction of sp³-hybridized carbons (Fsp3) is 0.308. The summed E-state index contributed by atoms with van der Waals surface area (Å²) in [5.41, 5.74) is -0.0182. The lowest BCUT2D eigenvalue weighted by molar-refractivity contribution is 0.0950. The first-order valence-electron chi connectivity index (χ1n) is 6.37. The molecular weight excluding hydrogens is 261 g/mol. The lowest BCUT2D eigenvalue weighted by Gasteiger charge is -2.08. The summed E-state index contributed by atoms with van der Waals surface area (Å²) in [7, 11) is 0. The quantitative estimate of drug-likeness (QED) is 0.744. The molecule has 20 heavy (non-hydrogen) atoms. The number of carbonyl (C=O) groups excluding carboxylic acids is 1. The molecule has 0 unspecified atom stereocenters. The van der Waals surface area contributed by atoms with E-state index in [2.05, 4.69) is 25.6 Å². The minimum atomic E-state index is -0.634. The van der Waals surface area contributed by atoms with Gasteiger partial charge >= 0.3 is 0 Å². The highest BCUT2D eigenvalue weighted by Gasteiger charge is 2.15. The molecule has 106 valence electrons. The third-order valence-corrected chi connectivity index (χ3v) is 2.68.